The van der Waals surface area contributed by atoms with Gasteiger partial charge in [-0.25, -0.2) is 4.98 Å². The first-order chi connectivity index (χ1) is 7.96. The lowest BCUT2D eigenvalue weighted by molar-refractivity contribution is -0.274. The number of hydrogen-bond acceptors (Lipinski definition) is 3. The van der Waals surface area contributed by atoms with Crippen molar-refractivity contribution in [2.45, 2.75) is 6.36 Å². The summed E-state index contributed by atoms with van der Waals surface area (Å²) < 4.78 is 41.1. The molecular weight excluding hydrogens is 319 g/mol. The molecule has 0 saturated carbocycles. The number of hydrogen-bond donors (Lipinski definition) is 0. The van der Waals surface area contributed by atoms with Gasteiger partial charge >= 0.3 is 6.36 Å². The molecule has 2 nitrogen and oxygen atoms in total. The molecule has 0 spiro atoms. The Morgan fingerprint density at radius 1 is 1.24 bits per heavy atom. The lowest BCUT2D eigenvalue weighted by atomic mass is 10.1. The molecular formula is C10H5BrF3NOS. The van der Waals surface area contributed by atoms with Crippen molar-refractivity contribution in [1.82, 2.24) is 4.98 Å². The molecule has 0 bridgehead atoms. The van der Waals surface area contributed by atoms with Crippen LogP contribution in [0, 0.1) is 0 Å². The zero-order valence-corrected chi connectivity index (χ0v) is 10.6. The van der Waals surface area contributed by atoms with E-state index in [2.05, 4.69) is 25.7 Å². The van der Waals surface area contributed by atoms with Crippen molar-refractivity contribution in [2.24, 2.45) is 0 Å². The van der Waals surface area contributed by atoms with E-state index in [9.17, 15) is 13.2 Å². The van der Waals surface area contributed by atoms with Crippen LogP contribution >= 0.6 is 27.3 Å². The predicted octanol–water partition coefficient (Wildman–Crippen LogP) is 4.47. The summed E-state index contributed by atoms with van der Waals surface area (Å²) in [5.74, 6) is -0.252. The van der Waals surface area contributed by atoms with Gasteiger partial charge in [-0.15, -0.1) is 24.5 Å². The molecule has 2 aromatic rings. The maximum Gasteiger partial charge on any atom is 0.573 e. The molecule has 1 heterocycles. The van der Waals surface area contributed by atoms with Crippen LogP contribution in [0.1, 0.15) is 0 Å². The second-order valence-corrected chi connectivity index (χ2v) is 5.16. The summed E-state index contributed by atoms with van der Waals surface area (Å²) in [5.41, 5.74) is 0.758. The SMILES string of the molecule is FC(F)(F)Oc1ccccc1-c1csc(Br)n1. The third kappa shape index (κ3) is 3.19. The maximum atomic E-state index is 12.2. The lowest BCUT2D eigenvalue weighted by Gasteiger charge is -2.11. The molecule has 0 amide bonds. The summed E-state index contributed by atoms with van der Waals surface area (Å²) in [6.07, 6.45) is -4.71. The first kappa shape index (κ1) is 12.4. The van der Waals surface area contributed by atoms with Crippen LogP contribution in [0.4, 0.5) is 13.2 Å². The van der Waals surface area contributed by atoms with E-state index in [1.807, 2.05) is 0 Å². The first-order valence-electron chi connectivity index (χ1n) is 4.42. The molecule has 1 aromatic heterocycles. The molecule has 0 aliphatic carbocycles. The van der Waals surface area contributed by atoms with Crippen molar-refractivity contribution in [2.75, 3.05) is 0 Å². The lowest BCUT2D eigenvalue weighted by Crippen LogP contribution is -2.17. The van der Waals surface area contributed by atoms with E-state index in [0.717, 1.165) is 0 Å². The fourth-order valence-electron chi connectivity index (χ4n) is 1.27. The molecule has 90 valence electrons. The summed E-state index contributed by atoms with van der Waals surface area (Å²) >= 11 is 4.45. The van der Waals surface area contributed by atoms with Crippen molar-refractivity contribution in [1.29, 1.82) is 0 Å². The van der Waals surface area contributed by atoms with Gasteiger partial charge in [0.05, 0.1) is 5.69 Å². The Labute approximate surface area is 107 Å². The van der Waals surface area contributed by atoms with Gasteiger partial charge in [0.1, 0.15) is 5.75 Å². The van der Waals surface area contributed by atoms with Gasteiger partial charge in [0.2, 0.25) is 0 Å². The number of thiazole rings is 1. The van der Waals surface area contributed by atoms with E-state index in [-0.39, 0.29) is 5.75 Å². The Bertz CT molecular complexity index is 526. The Morgan fingerprint density at radius 2 is 1.94 bits per heavy atom. The predicted molar refractivity (Wildman–Crippen MR) is 61.9 cm³/mol. The monoisotopic (exact) mass is 323 g/mol. The second-order valence-electron chi connectivity index (χ2n) is 3.03. The number of benzene rings is 1. The maximum absolute atomic E-state index is 12.2. The van der Waals surface area contributed by atoms with Gasteiger partial charge in [0.25, 0.3) is 0 Å². The van der Waals surface area contributed by atoms with Gasteiger partial charge in [-0.05, 0) is 28.1 Å². The van der Waals surface area contributed by atoms with Gasteiger partial charge in [-0.1, -0.05) is 12.1 Å². The highest BCUT2D eigenvalue weighted by atomic mass is 79.9. The molecule has 0 saturated heterocycles. The van der Waals surface area contributed by atoms with E-state index in [4.69, 9.17) is 0 Å². The van der Waals surface area contributed by atoms with Crippen molar-refractivity contribution in [3.63, 3.8) is 0 Å². The standard InChI is InChI=1S/C10H5BrF3NOS/c11-9-15-7(5-17-9)6-3-1-2-4-8(6)16-10(12,13)14/h1-5H. The Morgan fingerprint density at radius 3 is 2.53 bits per heavy atom. The van der Waals surface area contributed by atoms with Crippen LogP contribution in [0.5, 0.6) is 5.75 Å². The van der Waals surface area contributed by atoms with Crippen molar-refractivity contribution < 1.29 is 17.9 Å². The van der Waals surface area contributed by atoms with E-state index < -0.39 is 6.36 Å². The molecule has 1 aromatic carbocycles. The third-order valence-electron chi connectivity index (χ3n) is 1.86. The van der Waals surface area contributed by atoms with Gasteiger partial charge < -0.3 is 4.74 Å². The summed E-state index contributed by atoms with van der Waals surface area (Å²) in [4.78, 5) is 4.06. The minimum absolute atomic E-state index is 0.252. The highest BCUT2D eigenvalue weighted by molar-refractivity contribution is 9.11. The van der Waals surface area contributed by atoms with Crippen LogP contribution in [0.25, 0.3) is 11.3 Å². The molecule has 0 aliphatic heterocycles. The van der Waals surface area contributed by atoms with Gasteiger partial charge in [0, 0.05) is 10.9 Å². The Hall–Kier alpha value is -1.08. The Balaban J connectivity index is 2.41. The van der Waals surface area contributed by atoms with Crippen LogP contribution in [0.2, 0.25) is 0 Å². The average Bonchev–Trinajstić information content (AvgIpc) is 2.63. The van der Waals surface area contributed by atoms with Crippen molar-refractivity contribution >= 4 is 27.3 Å². The molecule has 7 heteroatoms. The normalized spacial score (nSPS) is 11.5. The fourth-order valence-corrected chi connectivity index (χ4v) is 2.28. The summed E-state index contributed by atoms with van der Waals surface area (Å²) in [5, 5.41) is 1.66. The molecule has 17 heavy (non-hydrogen) atoms. The number of alkyl halides is 3. The number of ether oxygens (including phenoxy) is 1. The van der Waals surface area contributed by atoms with Gasteiger partial charge in [0.15, 0.2) is 3.92 Å². The highest BCUT2D eigenvalue weighted by Gasteiger charge is 2.32. The van der Waals surface area contributed by atoms with Crippen LogP contribution in [-0.4, -0.2) is 11.3 Å². The van der Waals surface area contributed by atoms with Gasteiger partial charge in [-0.3, -0.25) is 0 Å². The van der Waals surface area contributed by atoms with E-state index in [1.54, 1.807) is 11.4 Å². The zero-order valence-electron chi connectivity index (χ0n) is 8.16. The topological polar surface area (TPSA) is 22.1 Å². The quantitative estimate of drug-likeness (QED) is 0.813. The molecule has 2 rings (SSSR count). The minimum Gasteiger partial charge on any atom is -0.405 e. The number of nitrogens with zero attached hydrogens (tertiary/aromatic N) is 1. The second kappa shape index (κ2) is 4.66. The average molecular weight is 324 g/mol. The number of para-hydroxylation sites is 1. The van der Waals surface area contributed by atoms with Gasteiger partial charge in [-0.2, -0.15) is 0 Å². The van der Waals surface area contributed by atoms with Crippen LogP contribution < -0.4 is 4.74 Å². The number of halogens is 4. The molecule has 0 unspecified atom stereocenters. The van der Waals surface area contributed by atoms with Crippen LogP contribution in [0.3, 0.4) is 0 Å². The van der Waals surface area contributed by atoms with E-state index >= 15 is 0 Å². The smallest absolute Gasteiger partial charge is 0.405 e. The number of rotatable bonds is 2. The molecule has 0 aliphatic rings. The summed E-state index contributed by atoms with van der Waals surface area (Å²) in [6, 6.07) is 5.90. The summed E-state index contributed by atoms with van der Waals surface area (Å²) in [6.45, 7) is 0. The number of aromatic nitrogens is 1. The minimum atomic E-state index is -4.71. The summed E-state index contributed by atoms with van der Waals surface area (Å²) in [7, 11) is 0. The van der Waals surface area contributed by atoms with Crippen LogP contribution in [-0.2, 0) is 0 Å². The molecule has 0 radical (unpaired) electrons. The van der Waals surface area contributed by atoms with Crippen LogP contribution in [0.15, 0.2) is 33.6 Å². The zero-order chi connectivity index (χ0) is 12.5. The molecule has 0 atom stereocenters. The van der Waals surface area contributed by atoms with Crippen molar-refractivity contribution in [3.05, 3.63) is 33.6 Å². The van der Waals surface area contributed by atoms with Crippen molar-refractivity contribution in [3.8, 4) is 17.0 Å². The third-order valence-corrected chi connectivity index (χ3v) is 3.23. The largest absolute Gasteiger partial charge is 0.573 e. The van der Waals surface area contributed by atoms with E-state index in [0.29, 0.717) is 15.2 Å². The molecule has 0 N–H and O–H groups in total. The Kier molecular flexibility index (Phi) is 3.39. The first-order valence-corrected chi connectivity index (χ1v) is 6.09. The highest BCUT2D eigenvalue weighted by Crippen LogP contribution is 2.34. The van der Waals surface area contributed by atoms with E-state index in [1.165, 1.54) is 29.5 Å². The molecule has 0 fully saturated rings. The fraction of sp³-hybridized carbons (Fsp3) is 0.100.